The van der Waals surface area contributed by atoms with E-state index < -0.39 is 45.7 Å². The van der Waals surface area contributed by atoms with Crippen LogP contribution in [-0.4, -0.2) is 56.7 Å². The number of aromatic amines is 1. The molecule has 0 spiro atoms. The Morgan fingerprint density at radius 2 is 1.52 bits per heavy atom. The second-order valence-electron chi connectivity index (χ2n) is 12.1. The second-order valence-corrected chi connectivity index (χ2v) is 12.9. The molecule has 2 amide bonds. The molecule has 0 bridgehead atoms. The molecule has 1 fully saturated rings. The van der Waals surface area contributed by atoms with Crippen LogP contribution in [0.4, 0.5) is 29.8 Å². The Morgan fingerprint density at radius 3 is 2.02 bits per heavy atom. The largest absolute Gasteiger partial charge is 0.424 e. The summed E-state index contributed by atoms with van der Waals surface area (Å²) in [4.78, 5) is 50.6. The van der Waals surface area contributed by atoms with Crippen molar-refractivity contribution in [2.75, 3.05) is 23.9 Å². The van der Waals surface area contributed by atoms with Gasteiger partial charge in [0.15, 0.2) is 16.4 Å². The van der Waals surface area contributed by atoms with Gasteiger partial charge in [0.1, 0.15) is 36.0 Å². The van der Waals surface area contributed by atoms with Gasteiger partial charge >= 0.3 is 6.18 Å². The summed E-state index contributed by atoms with van der Waals surface area (Å²) in [6, 6.07) is 31.6. The third-order valence-corrected chi connectivity index (χ3v) is 9.58. The minimum absolute atomic E-state index is 0.0159. The van der Waals surface area contributed by atoms with Crippen molar-refractivity contribution in [3.8, 4) is 5.82 Å². The minimum Gasteiger partial charge on any atom is -0.398 e. The number of benzene rings is 3. The zero-order chi connectivity index (χ0) is 38.0. The lowest BCUT2D eigenvalue weighted by Crippen LogP contribution is -2.65. The molecule has 0 unspecified atom stereocenters. The van der Waals surface area contributed by atoms with Gasteiger partial charge in [-0.25, -0.2) is 4.98 Å². The maximum atomic E-state index is 13.5. The van der Waals surface area contributed by atoms with E-state index in [0.717, 1.165) is 27.5 Å². The van der Waals surface area contributed by atoms with Crippen LogP contribution >= 0.6 is 11.3 Å². The van der Waals surface area contributed by atoms with Crippen LogP contribution in [0.15, 0.2) is 126 Å². The number of anilines is 2. The Hall–Kier alpha value is -6.75. The molecule has 0 radical (unpaired) electrons. The van der Waals surface area contributed by atoms with Gasteiger partial charge in [-0.15, -0.1) is 11.3 Å². The van der Waals surface area contributed by atoms with E-state index in [9.17, 15) is 32.9 Å². The number of oxime groups is 1. The number of hydrogen-bond donors (Lipinski definition) is 3. The summed E-state index contributed by atoms with van der Waals surface area (Å²) >= 11 is 1.25. The molecular weight excluding hydrogens is 726 g/mol. The molecule has 0 saturated carbocycles. The molecule has 1 aliphatic heterocycles. The number of nitrogens with one attached hydrogen (secondary N) is 3. The zero-order valence-electron chi connectivity index (χ0n) is 28.2. The molecule has 1 atom stereocenters. The van der Waals surface area contributed by atoms with Crippen molar-refractivity contribution in [3.63, 3.8) is 0 Å². The number of alkyl halides is 3. The molecule has 17 heteroatoms. The van der Waals surface area contributed by atoms with E-state index in [-0.39, 0.29) is 29.6 Å². The summed E-state index contributed by atoms with van der Waals surface area (Å²) < 4.78 is 41.0. The Labute approximate surface area is 308 Å². The predicted molar refractivity (Wildman–Crippen MR) is 195 cm³/mol. The lowest BCUT2D eigenvalue weighted by molar-refractivity contribution is -0.387. The number of rotatable bonds is 12. The number of amides is 2. The normalized spacial score (nSPS) is 14.7. The Balaban J connectivity index is 1.09. The molecule has 7 rings (SSSR count). The molecule has 1 aliphatic rings. The average Bonchev–Trinajstić information content (AvgIpc) is 3.96. The van der Waals surface area contributed by atoms with Crippen molar-refractivity contribution in [1.82, 2.24) is 19.9 Å². The molecule has 3 N–H and O–H groups in total. The van der Waals surface area contributed by atoms with Crippen molar-refractivity contribution in [3.05, 3.63) is 159 Å². The van der Waals surface area contributed by atoms with Crippen molar-refractivity contribution >= 4 is 45.5 Å². The van der Waals surface area contributed by atoms with Gasteiger partial charge < -0.3 is 25.0 Å². The SMILES string of the molecule is CON=C(C(=O)N[C@H]1CN(c2ccc(-n3cc([N+](=O)[O-])c(C(F)(F)F)c3)[nH]2)C1=O)c1csc(NC(c2ccccc2)(c2ccccc2)c2ccccc2)n1. The highest BCUT2D eigenvalue weighted by Crippen LogP contribution is 2.41. The first-order valence-electron chi connectivity index (χ1n) is 16.3. The number of aromatic nitrogens is 3. The Morgan fingerprint density at radius 1 is 0.944 bits per heavy atom. The van der Waals surface area contributed by atoms with E-state index in [4.69, 9.17) is 9.82 Å². The zero-order valence-corrected chi connectivity index (χ0v) is 29.0. The van der Waals surface area contributed by atoms with Gasteiger partial charge in [0.2, 0.25) is 0 Å². The van der Waals surface area contributed by atoms with Gasteiger partial charge in [0.05, 0.1) is 17.7 Å². The van der Waals surface area contributed by atoms with Gasteiger partial charge in [-0.05, 0) is 28.8 Å². The molecule has 1 saturated heterocycles. The number of H-pyrrole nitrogens is 1. The Bertz CT molecular complexity index is 2250. The first-order chi connectivity index (χ1) is 26.0. The van der Waals surface area contributed by atoms with Crippen LogP contribution in [-0.2, 0) is 26.1 Å². The predicted octanol–water partition coefficient (Wildman–Crippen LogP) is 6.48. The monoisotopic (exact) mass is 754 g/mol. The van der Waals surface area contributed by atoms with Crippen molar-refractivity contribution in [2.24, 2.45) is 5.16 Å². The fourth-order valence-corrected chi connectivity index (χ4v) is 7.03. The molecule has 6 aromatic rings. The lowest BCUT2D eigenvalue weighted by atomic mass is 9.77. The topological polar surface area (TPSA) is 160 Å². The average molecular weight is 755 g/mol. The van der Waals surface area contributed by atoms with E-state index in [1.165, 1.54) is 35.5 Å². The smallest absolute Gasteiger partial charge is 0.398 e. The quantitative estimate of drug-likeness (QED) is 0.0424. The number of nitrogens with zero attached hydrogens (tertiary/aromatic N) is 5. The fourth-order valence-electron chi connectivity index (χ4n) is 6.28. The molecule has 3 aromatic heterocycles. The van der Waals surface area contributed by atoms with Crippen molar-refractivity contribution in [2.45, 2.75) is 17.8 Å². The van der Waals surface area contributed by atoms with Crippen molar-refractivity contribution < 1.29 is 32.5 Å². The van der Waals surface area contributed by atoms with E-state index >= 15 is 0 Å². The molecule has 3 aromatic carbocycles. The third-order valence-electron chi connectivity index (χ3n) is 8.83. The van der Waals surface area contributed by atoms with E-state index in [1.807, 2.05) is 91.0 Å². The van der Waals surface area contributed by atoms with Gasteiger partial charge in [-0.2, -0.15) is 13.2 Å². The van der Waals surface area contributed by atoms with Crippen LogP contribution in [0.5, 0.6) is 0 Å². The summed E-state index contributed by atoms with van der Waals surface area (Å²) in [5.41, 5.74) is -0.527. The fraction of sp³-hybridized carbons (Fsp3) is 0.135. The first-order valence-corrected chi connectivity index (χ1v) is 17.1. The van der Waals surface area contributed by atoms with Gasteiger partial charge in [0.25, 0.3) is 17.5 Å². The highest BCUT2D eigenvalue weighted by molar-refractivity contribution is 7.14. The molecule has 13 nitrogen and oxygen atoms in total. The lowest BCUT2D eigenvalue weighted by Gasteiger charge is -2.37. The molecular formula is C37H29F3N8O5S. The van der Waals surface area contributed by atoms with Crippen molar-refractivity contribution in [1.29, 1.82) is 0 Å². The number of carbonyl (C=O) groups is 2. The number of hydrogen-bond acceptors (Lipinski definition) is 9. The number of thiazole rings is 1. The summed E-state index contributed by atoms with van der Waals surface area (Å²) in [5.74, 6) is -0.965. The van der Waals surface area contributed by atoms with Gasteiger partial charge in [-0.3, -0.25) is 24.6 Å². The van der Waals surface area contributed by atoms with Crippen LogP contribution in [0.3, 0.4) is 0 Å². The number of β-lactam (4-membered cyclic amide) rings is 1. The summed E-state index contributed by atoms with van der Waals surface area (Å²) in [6.45, 7) is 0.0159. The van der Waals surface area contributed by atoms with Crippen LogP contribution in [0.1, 0.15) is 27.9 Å². The molecule has 274 valence electrons. The van der Waals surface area contributed by atoms with Crippen LogP contribution in [0.25, 0.3) is 5.82 Å². The van der Waals surface area contributed by atoms with Crippen LogP contribution in [0, 0.1) is 10.1 Å². The number of carbonyl (C=O) groups excluding carboxylic acids is 2. The summed E-state index contributed by atoms with van der Waals surface area (Å²) in [5, 5.41) is 23.6. The molecule has 0 aliphatic carbocycles. The summed E-state index contributed by atoms with van der Waals surface area (Å²) in [6.07, 6.45) is -3.61. The molecule has 54 heavy (non-hydrogen) atoms. The highest BCUT2D eigenvalue weighted by atomic mass is 32.1. The maximum Gasteiger partial charge on any atom is 0.424 e. The highest BCUT2D eigenvalue weighted by Gasteiger charge is 2.42. The third kappa shape index (κ3) is 6.67. The molecule has 4 heterocycles. The van der Waals surface area contributed by atoms with Crippen LogP contribution < -0.4 is 15.5 Å². The van der Waals surface area contributed by atoms with E-state index in [2.05, 4.69) is 20.8 Å². The van der Waals surface area contributed by atoms with Crippen LogP contribution in [0.2, 0.25) is 0 Å². The minimum atomic E-state index is -4.94. The standard InChI is InChI=1S/C37H29F3N8O5S/c1-53-45-32(33(49)41-27-20-47(34(27)50)31-18-17-30(43-31)46-19-26(37(38,39)40)29(21-46)48(51)52)28-22-54-35(42-28)44-36(23-11-5-2-6-12-23,24-13-7-3-8-14-24)25-15-9-4-10-16-25/h2-19,21-22,27,43H,20H2,1H3,(H,41,49)(H,42,44)/t27-/m0/s1. The second kappa shape index (κ2) is 14.3. The summed E-state index contributed by atoms with van der Waals surface area (Å²) in [7, 11) is 1.28. The Kier molecular flexibility index (Phi) is 9.47. The van der Waals surface area contributed by atoms with Gasteiger partial charge in [-0.1, -0.05) is 96.2 Å². The van der Waals surface area contributed by atoms with E-state index in [0.29, 0.717) is 11.3 Å². The first kappa shape index (κ1) is 35.6. The van der Waals surface area contributed by atoms with E-state index in [1.54, 1.807) is 5.38 Å². The maximum absolute atomic E-state index is 13.5. The number of halogens is 3. The van der Waals surface area contributed by atoms with Gasteiger partial charge in [0, 0.05) is 11.6 Å². The number of nitro groups is 1.